The molecule has 1 saturated heterocycles. The van der Waals surface area contributed by atoms with E-state index in [1.807, 2.05) is 13.8 Å². The number of nitrogens with zero attached hydrogens (tertiary/aromatic N) is 2. The summed E-state index contributed by atoms with van der Waals surface area (Å²) in [5.74, 6) is 0.156. The van der Waals surface area contributed by atoms with E-state index in [2.05, 4.69) is 20.6 Å². The van der Waals surface area contributed by atoms with E-state index >= 15 is 0 Å². The second-order valence-corrected chi connectivity index (χ2v) is 4.64. The zero-order valence-electron chi connectivity index (χ0n) is 10.2. The molecule has 1 fully saturated rings. The molecule has 0 saturated carbocycles. The molecule has 0 radical (unpaired) electrons. The number of carbonyl (C=O) groups excluding carboxylic acids is 1. The van der Waals surface area contributed by atoms with Gasteiger partial charge in [0, 0.05) is 18.8 Å². The van der Waals surface area contributed by atoms with Gasteiger partial charge < -0.3 is 10.6 Å². The zero-order chi connectivity index (χ0) is 12.3. The van der Waals surface area contributed by atoms with Gasteiger partial charge in [-0.15, -0.1) is 0 Å². The fourth-order valence-electron chi connectivity index (χ4n) is 2.02. The Morgan fingerprint density at radius 1 is 1.59 bits per heavy atom. The Labute approximate surface area is 101 Å². The normalized spacial score (nSPS) is 19.6. The van der Waals surface area contributed by atoms with E-state index in [4.69, 9.17) is 0 Å². The first-order valence-electron chi connectivity index (χ1n) is 6.00. The minimum Gasteiger partial charge on any atom is -0.348 e. The number of amides is 1. The quantitative estimate of drug-likeness (QED) is 0.807. The van der Waals surface area contributed by atoms with E-state index in [0.29, 0.717) is 5.56 Å². The predicted octanol–water partition coefficient (Wildman–Crippen LogP) is 0.692. The van der Waals surface area contributed by atoms with Crippen molar-refractivity contribution in [3.63, 3.8) is 0 Å². The van der Waals surface area contributed by atoms with Crippen LogP contribution in [0.25, 0.3) is 0 Å². The molecule has 5 nitrogen and oxygen atoms in total. The smallest absolute Gasteiger partial charge is 0.254 e. The number of aromatic nitrogens is 2. The van der Waals surface area contributed by atoms with Gasteiger partial charge in [0.15, 0.2) is 0 Å². The molecule has 1 aromatic heterocycles. The molecular weight excluding hydrogens is 216 g/mol. The number of rotatable bonds is 3. The van der Waals surface area contributed by atoms with E-state index in [-0.39, 0.29) is 17.9 Å². The van der Waals surface area contributed by atoms with Gasteiger partial charge in [-0.1, -0.05) is 13.8 Å². The van der Waals surface area contributed by atoms with Gasteiger partial charge in [-0.3, -0.25) is 4.79 Å². The van der Waals surface area contributed by atoms with E-state index in [9.17, 15) is 4.79 Å². The summed E-state index contributed by atoms with van der Waals surface area (Å²) in [5.41, 5.74) is 1.40. The molecule has 0 spiro atoms. The molecule has 5 heteroatoms. The van der Waals surface area contributed by atoms with Crippen LogP contribution in [0.15, 0.2) is 12.5 Å². The topological polar surface area (TPSA) is 66.9 Å². The Bertz CT molecular complexity index is 399. The summed E-state index contributed by atoms with van der Waals surface area (Å²) >= 11 is 0. The summed E-state index contributed by atoms with van der Waals surface area (Å²) in [6.07, 6.45) is 4.07. The Kier molecular flexibility index (Phi) is 3.68. The molecule has 2 rings (SSSR count). The Morgan fingerprint density at radius 2 is 2.41 bits per heavy atom. The van der Waals surface area contributed by atoms with E-state index in [1.54, 1.807) is 6.20 Å². The Balaban J connectivity index is 2.12. The van der Waals surface area contributed by atoms with Crippen LogP contribution in [0.1, 0.15) is 42.2 Å². The van der Waals surface area contributed by atoms with E-state index in [1.165, 1.54) is 6.33 Å². The van der Waals surface area contributed by atoms with Crippen molar-refractivity contribution in [2.24, 2.45) is 0 Å². The standard InChI is InChI=1S/C12H18N4O/c1-8(2)11-10(6-14-7-15-11)12(17)16-9-3-4-13-5-9/h6-9,13H,3-5H2,1-2H3,(H,16,17). The second kappa shape index (κ2) is 5.23. The highest BCUT2D eigenvalue weighted by molar-refractivity contribution is 5.95. The maximum absolute atomic E-state index is 12.1. The first kappa shape index (κ1) is 12.0. The summed E-state index contributed by atoms with van der Waals surface area (Å²) in [7, 11) is 0. The summed E-state index contributed by atoms with van der Waals surface area (Å²) < 4.78 is 0. The molecule has 1 atom stereocenters. The highest BCUT2D eigenvalue weighted by atomic mass is 16.1. The molecule has 0 aliphatic carbocycles. The third-order valence-electron chi connectivity index (χ3n) is 2.93. The lowest BCUT2D eigenvalue weighted by atomic mass is 10.0. The molecule has 1 unspecified atom stereocenters. The van der Waals surface area contributed by atoms with Crippen molar-refractivity contribution in [3.05, 3.63) is 23.8 Å². The van der Waals surface area contributed by atoms with Crippen LogP contribution in [0.4, 0.5) is 0 Å². The number of hydrogen-bond acceptors (Lipinski definition) is 4. The highest BCUT2D eigenvalue weighted by Gasteiger charge is 2.20. The Hall–Kier alpha value is -1.49. The van der Waals surface area contributed by atoms with Crippen molar-refractivity contribution < 1.29 is 4.79 Å². The monoisotopic (exact) mass is 234 g/mol. The van der Waals surface area contributed by atoms with Crippen LogP contribution in [-0.2, 0) is 0 Å². The molecule has 0 bridgehead atoms. The minimum atomic E-state index is -0.0667. The van der Waals surface area contributed by atoms with Crippen molar-refractivity contribution in [3.8, 4) is 0 Å². The lowest BCUT2D eigenvalue weighted by molar-refractivity contribution is 0.0938. The minimum absolute atomic E-state index is 0.0667. The van der Waals surface area contributed by atoms with E-state index < -0.39 is 0 Å². The van der Waals surface area contributed by atoms with Crippen LogP contribution in [-0.4, -0.2) is 35.0 Å². The molecule has 0 aromatic carbocycles. The Morgan fingerprint density at radius 3 is 3.06 bits per heavy atom. The fourth-order valence-corrected chi connectivity index (χ4v) is 2.02. The van der Waals surface area contributed by atoms with Crippen molar-refractivity contribution >= 4 is 5.91 Å². The van der Waals surface area contributed by atoms with Crippen LogP contribution in [0.5, 0.6) is 0 Å². The SMILES string of the molecule is CC(C)c1ncncc1C(=O)NC1CCNC1. The molecule has 1 aliphatic heterocycles. The van der Waals surface area contributed by atoms with Gasteiger partial charge in [-0.2, -0.15) is 0 Å². The lowest BCUT2D eigenvalue weighted by Gasteiger charge is -2.14. The van der Waals surface area contributed by atoms with Crippen LogP contribution in [0.2, 0.25) is 0 Å². The van der Waals surface area contributed by atoms with Gasteiger partial charge in [0.05, 0.1) is 11.3 Å². The first-order valence-corrected chi connectivity index (χ1v) is 6.00. The third-order valence-corrected chi connectivity index (χ3v) is 2.93. The third kappa shape index (κ3) is 2.79. The molecule has 2 N–H and O–H groups in total. The second-order valence-electron chi connectivity index (χ2n) is 4.64. The molecule has 1 aromatic rings. The van der Waals surface area contributed by atoms with Crippen LogP contribution in [0, 0.1) is 0 Å². The van der Waals surface area contributed by atoms with Gasteiger partial charge in [-0.05, 0) is 18.9 Å². The van der Waals surface area contributed by atoms with Crippen molar-refractivity contribution in [2.75, 3.05) is 13.1 Å². The van der Waals surface area contributed by atoms with Gasteiger partial charge in [0.25, 0.3) is 5.91 Å². The van der Waals surface area contributed by atoms with Gasteiger partial charge in [-0.25, -0.2) is 9.97 Å². The average Bonchev–Trinajstić information content (AvgIpc) is 2.81. The van der Waals surface area contributed by atoms with Gasteiger partial charge >= 0.3 is 0 Å². The summed E-state index contributed by atoms with van der Waals surface area (Å²) in [6, 6.07) is 0.225. The summed E-state index contributed by atoms with van der Waals surface area (Å²) in [4.78, 5) is 20.2. The number of hydrogen-bond donors (Lipinski definition) is 2. The van der Waals surface area contributed by atoms with E-state index in [0.717, 1.165) is 25.2 Å². The van der Waals surface area contributed by atoms with Crippen LogP contribution in [0.3, 0.4) is 0 Å². The maximum Gasteiger partial charge on any atom is 0.254 e. The number of nitrogens with one attached hydrogen (secondary N) is 2. The molecule has 1 amide bonds. The van der Waals surface area contributed by atoms with Crippen molar-refractivity contribution in [2.45, 2.75) is 32.2 Å². The molecule has 92 valence electrons. The van der Waals surface area contributed by atoms with Crippen molar-refractivity contribution in [1.82, 2.24) is 20.6 Å². The van der Waals surface area contributed by atoms with Gasteiger partial charge in [0.2, 0.25) is 0 Å². The van der Waals surface area contributed by atoms with Crippen LogP contribution < -0.4 is 10.6 Å². The van der Waals surface area contributed by atoms with Crippen LogP contribution >= 0.6 is 0 Å². The van der Waals surface area contributed by atoms with Crippen molar-refractivity contribution in [1.29, 1.82) is 0 Å². The lowest BCUT2D eigenvalue weighted by Crippen LogP contribution is -2.36. The van der Waals surface area contributed by atoms with Gasteiger partial charge in [0.1, 0.15) is 6.33 Å². The number of carbonyl (C=O) groups is 1. The largest absolute Gasteiger partial charge is 0.348 e. The summed E-state index contributed by atoms with van der Waals surface area (Å²) in [5, 5.41) is 6.23. The maximum atomic E-state index is 12.1. The fraction of sp³-hybridized carbons (Fsp3) is 0.583. The average molecular weight is 234 g/mol. The zero-order valence-corrected chi connectivity index (χ0v) is 10.2. The summed E-state index contributed by atoms with van der Waals surface area (Å²) in [6.45, 7) is 5.86. The molecule has 2 heterocycles. The highest BCUT2D eigenvalue weighted by Crippen LogP contribution is 2.15. The molecular formula is C12H18N4O. The molecule has 17 heavy (non-hydrogen) atoms. The first-order chi connectivity index (χ1) is 8.18. The predicted molar refractivity (Wildman–Crippen MR) is 64.9 cm³/mol. The molecule has 1 aliphatic rings.